The van der Waals surface area contributed by atoms with Crippen LogP contribution >= 0.6 is 0 Å². The molecule has 0 aliphatic heterocycles. The van der Waals surface area contributed by atoms with Crippen molar-refractivity contribution >= 4 is 5.69 Å². The van der Waals surface area contributed by atoms with Crippen LogP contribution in [-0.2, 0) is 6.54 Å². The highest BCUT2D eigenvalue weighted by Crippen LogP contribution is 2.24. The van der Waals surface area contributed by atoms with Crippen molar-refractivity contribution in [1.29, 1.82) is 0 Å². The van der Waals surface area contributed by atoms with Crippen molar-refractivity contribution in [2.45, 2.75) is 34.2 Å². The summed E-state index contributed by atoms with van der Waals surface area (Å²) in [6, 6.07) is 6.69. The summed E-state index contributed by atoms with van der Waals surface area (Å²) in [6.45, 7) is 10.9. The Morgan fingerprint density at radius 3 is 2.41 bits per heavy atom. The number of nitrogens with zero attached hydrogens (tertiary/aromatic N) is 1. The third-order valence-electron chi connectivity index (χ3n) is 2.72. The van der Waals surface area contributed by atoms with Crippen molar-refractivity contribution in [2.24, 2.45) is 5.41 Å². The Morgan fingerprint density at radius 1 is 1.24 bits per heavy atom. The van der Waals surface area contributed by atoms with Crippen molar-refractivity contribution in [3.05, 3.63) is 29.3 Å². The van der Waals surface area contributed by atoms with E-state index in [0.717, 1.165) is 13.1 Å². The van der Waals surface area contributed by atoms with E-state index in [1.54, 1.807) is 0 Å². The van der Waals surface area contributed by atoms with Crippen molar-refractivity contribution in [1.82, 2.24) is 5.32 Å². The molecule has 0 atom stereocenters. The predicted octanol–water partition coefficient (Wildman–Crippen LogP) is 3.20. The van der Waals surface area contributed by atoms with Crippen LogP contribution in [0.2, 0.25) is 0 Å². The number of rotatable bonds is 4. The highest BCUT2D eigenvalue weighted by Gasteiger charge is 2.15. The number of hydrogen-bond donors (Lipinski definition) is 1. The van der Waals surface area contributed by atoms with Gasteiger partial charge in [-0.25, -0.2) is 0 Å². The van der Waals surface area contributed by atoms with Crippen molar-refractivity contribution in [2.75, 3.05) is 25.5 Å². The first-order valence-electron chi connectivity index (χ1n) is 6.29. The molecular formula is C15H26N2. The number of anilines is 1. The van der Waals surface area contributed by atoms with Gasteiger partial charge >= 0.3 is 0 Å². The van der Waals surface area contributed by atoms with Crippen molar-refractivity contribution in [3.63, 3.8) is 0 Å². The van der Waals surface area contributed by atoms with E-state index >= 15 is 0 Å². The second-order valence-corrected chi connectivity index (χ2v) is 6.08. The van der Waals surface area contributed by atoms with Crippen LogP contribution in [0, 0.1) is 12.3 Å². The minimum atomic E-state index is 0.316. The van der Waals surface area contributed by atoms with Gasteiger partial charge in [-0.05, 0) is 31.0 Å². The Balaban J connectivity index is 2.95. The van der Waals surface area contributed by atoms with Gasteiger partial charge in [0.25, 0.3) is 0 Å². The topological polar surface area (TPSA) is 15.3 Å². The van der Waals surface area contributed by atoms with Crippen LogP contribution in [-0.4, -0.2) is 20.6 Å². The molecule has 0 saturated heterocycles. The monoisotopic (exact) mass is 234 g/mol. The van der Waals surface area contributed by atoms with E-state index in [1.807, 2.05) is 7.05 Å². The molecule has 0 aromatic heterocycles. The summed E-state index contributed by atoms with van der Waals surface area (Å²) in [4.78, 5) is 2.35. The molecule has 96 valence electrons. The largest absolute Gasteiger partial charge is 0.374 e. The molecule has 0 amide bonds. The van der Waals surface area contributed by atoms with Gasteiger partial charge in [0.15, 0.2) is 0 Å². The van der Waals surface area contributed by atoms with Gasteiger partial charge in [0, 0.05) is 25.8 Å². The lowest BCUT2D eigenvalue weighted by Crippen LogP contribution is -2.30. The lowest BCUT2D eigenvalue weighted by atomic mass is 9.95. The first-order chi connectivity index (χ1) is 7.83. The van der Waals surface area contributed by atoms with E-state index in [1.165, 1.54) is 16.8 Å². The Hall–Kier alpha value is -1.02. The van der Waals surface area contributed by atoms with Crippen LogP contribution in [0.5, 0.6) is 0 Å². The molecule has 1 aromatic rings. The molecule has 0 unspecified atom stereocenters. The number of nitrogens with one attached hydrogen (secondary N) is 1. The van der Waals surface area contributed by atoms with Gasteiger partial charge in [-0.15, -0.1) is 0 Å². The fourth-order valence-corrected chi connectivity index (χ4v) is 2.22. The molecule has 0 spiro atoms. The van der Waals surface area contributed by atoms with Crippen LogP contribution in [0.25, 0.3) is 0 Å². The lowest BCUT2D eigenvalue weighted by Gasteiger charge is -2.30. The fraction of sp³-hybridized carbons (Fsp3) is 0.600. The van der Waals surface area contributed by atoms with Crippen molar-refractivity contribution in [3.8, 4) is 0 Å². The second kappa shape index (κ2) is 5.54. The van der Waals surface area contributed by atoms with Crippen molar-refractivity contribution < 1.29 is 0 Å². The molecule has 0 fully saturated rings. The van der Waals surface area contributed by atoms with Crippen LogP contribution in [0.3, 0.4) is 0 Å². The highest BCUT2D eigenvalue weighted by molar-refractivity contribution is 5.54. The van der Waals surface area contributed by atoms with Crippen LogP contribution in [0.4, 0.5) is 5.69 Å². The molecule has 1 N–H and O–H groups in total. The standard InChI is InChI=1S/C15H26N2/c1-12-7-8-14(13(9-12)10-16-5)17(6)11-15(2,3)4/h7-9,16H,10-11H2,1-6H3. The van der Waals surface area contributed by atoms with Gasteiger partial charge in [0.05, 0.1) is 0 Å². The predicted molar refractivity (Wildman–Crippen MR) is 76.7 cm³/mol. The summed E-state index contributed by atoms with van der Waals surface area (Å²) in [5, 5.41) is 3.24. The molecule has 0 aliphatic carbocycles. The van der Waals surface area contributed by atoms with Crippen LogP contribution < -0.4 is 10.2 Å². The van der Waals surface area contributed by atoms with Crippen LogP contribution in [0.15, 0.2) is 18.2 Å². The molecule has 2 heteroatoms. The summed E-state index contributed by atoms with van der Waals surface area (Å²) in [5.74, 6) is 0. The van der Waals surface area contributed by atoms with E-state index in [0.29, 0.717) is 5.41 Å². The Bertz CT molecular complexity index is 364. The minimum absolute atomic E-state index is 0.316. The number of aryl methyl sites for hydroxylation is 1. The second-order valence-electron chi connectivity index (χ2n) is 6.08. The zero-order valence-corrected chi connectivity index (χ0v) is 12.1. The highest BCUT2D eigenvalue weighted by atomic mass is 15.1. The van der Waals surface area contributed by atoms with Gasteiger partial charge in [-0.1, -0.05) is 38.5 Å². The van der Waals surface area contributed by atoms with E-state index < -0.39 is 0 Å². The minimum Gasteiger partial charge on any atom is -0.374 e. The lowest BCUT2D eigenvalue weighted by molar-refractivity contribution is 0.418. The van der Waals surface area contributed by atoms with Gasteiger partial charge in [-0.2, -0.15) is 0 Å². The third kappa shape index (κ3) is 4.39. The summed E-state index contributed by atoms with van der Waals surface area (Å²) < 4.78 is 0. The summed E-state index contributed by atoms with van der Waals surface area (Å²) in [5.41, 5.74) is 4.35. The average Bonchev–Trinajstić information content (AvgIpc) is 2.15. The first kappa shape index (κ1) is 14.0. The van der Waals surface area contributed by atoms with Gasteiger partial charge < -0.3 is 10.2 Å². The maximum absolute atomic E-state index is 3.24. The van der Waals surface area contributed by atoms with E-state index in [4.69, 9.17) is 0 Å². The maximum Gasteiger partial charge on any atom is 0.0409 e. The molecular weight excluding hydrogens is 208 g/mol. The first-order valence-corrected chi connectivity index (χ1v) is 6.29. The summed E-state index contributed by atoms with van der Waals surface area (Å²) in [7, 11) is 4.17. The Kier molecular flexibility index (Phi) is 4.58. The zero-order valence-electron chi connectivity index (χ0n) is 12.1. The molecule has 0 aliphatic rings. The van der Waals surface area contributed by atoms with E-state index in [2.05, 4.69) is 63.2 Å². The molecule has 17 heavy (non-hydrogen) atoms. The normalized spacial score (nSPS) is 11.6. The summed E-state index contributed by atoms with van der Waals surface area (Å²) in [6.07, 6.45) is 0. The average molecular weight is 234 g/mol. The molecule has 1 aromatic carbocycles. The molecule has 0 saturated carbocycles. The quantitative estimate of drug-likeness (QED) is 0.860. The Labute approximate surface area is 106 Å². The molecule has 2 nitrogen and oxygen atoms in total. The molecule has 0 heterocycles. The zero-order chi connectivity index (χ0) is 13.1. The van der Waals surface area contributed by atoms with E-state index in [9.17, 15) is 0 Å². The smallest absolute Gasteiger partial charge is 0.0409 e. The SMILES string of the molecule is CNCc1cc(C)ccc1N(C)CC(C)(C)C. The van der Waals surface area contributed by atoms with Gasteiger partial charge in [0.2, 0.25) is 0 Å². The number of benzene rings is 1. The van der Waals surface area contributed by atoms with Gasteiger partial charge in [0.1, 0.15) is 0 Å². The summed E-state index contributed by atoms with van der Waals surface area (Å²) >= 11 is 0. The van der Waals surface area contributed by atoms with Gasteiger partial charge in [-0.3, -0.25) is 0 Å². The molecule has 0 bridgehead atoms. The molecule has 0 radical (unpaired) electrons. The fourth-order valence-electron chi connectivity index (χ4n) is 2.22. The van der Waals surface area contributed by atoms with E-state index in [-0.39, 0.29) is 0 Å². The molecule has 1 rings (SSSR count). The number of hydrogen-bond acceptors (Lipinski definition) is 2. The maximum atomic E-state index is 3.24. The third-order valence-corrected chi connectivity index (χ3v) is 2.72. The van der Waals surface area contributed by atoms with Crippen LogP contribution in [0.1, 0.15) is 31.9 Å². The Morgan fingerprint density at radius 2 is 1.88 bits per heavy atom.